The number of nitrogens with one attached hydrogen (secondary N) is 1. The summed E-state index contributed by atoms with van der Waals surface area (Å²) in [5, 5.41) is 14.5. The standard InChI is InChI=1S/C21H22N4OS/c1-14(2)24-13-7-10-17(24)20-19(15-8-5-6-12-22-15)23-21(27)25(20)16-9-3-4-11-18(16)26/h3-14,19-20,26H,1-2H3,(H,23,27)/t19-,20-/m1/s1. The van der Waals surface area contributed by atoms with Crippen LogP contribution in [0, 0.1) is 0 Å². The smallest absolute Gasteiger partial charge is 0.174 e. The first-order chi connectivity index (χ1) is 13.1. The van der Waals surface area contributed by atoms with Crippen molar-refractivity contribution < 1.29 is 5.11 Å². The maximum absolute atomic E-state index is 10.5. The van der Waals surface area contributed by atoms with E-state index in [1.807, 2.05) is 41.3 Å². The van der Waals surface area contributed by atoms with E-state index in [1.165, 1.54) is 0 Å². The molecular formula is C21H22N4OS. The first-order valence-corrected chi connectivity index (χ1v) is 9.44. The van der Waals surface area contributed by atoms with Crippen LogP contribution in [-0.2, 0) is 0 Å². The van der Waals surface area contributed by atoms with E-state index in [1.54, 1.807) is 12.3 Å². The van der Waals surface area contributed by atoms with Crippen LogP contribution in [-0.4, -0.2) is 19.8 Å². The van der Waals surface area contributed by atoms with Gasteiger partial charge in [-0.2, -0.15) is 0 Å². The fraction of sp³-hybridized carbons (Fsp3) is 0.238. The summed E-state index contributed by atoms with van der Waals surface area (Å²) in [6, 6.07) is 17.4. The SMILES string of the molecule is CC(C)n1cccc1[C@@H]1[C@@H](c2ccccn2)NC(=S)N1c1ccccc1O. The molecule has 1 fully saturated rings. The van der Waals surface area contributed by atoms with E-state index in [0.717, 1.165) is 11.4 Å². The number of pyridine rings is 1. The third kappa shape index (κ3) is 3.06. The summed E-state index contributed by atoms with van der Waals surface area (Å²) in [4.78, 5) is 6.56. The maximum Gasteiger partial charge on any atom is 0.174 e. The average molecular weight is 379 g/mol. The minimum absolute atomic E-state index is 0.120. The van der Waals surface area contributed by atoms with Gasteiger partial charge in [-0.25, -0.2) is 0 Å². The largest absolute Gasteiger partial charge is 0.506 e. The van der Waals surface area contributed by atoms with Gasteiger partial charge in [0.1, 0.15) is 11.8 Å². The topological polar surface area (TPSA) is 53.3 Å². The molecule has 4 rings (SSSR count). The Balaban J connectivity index is 1.88. The molecule has 1 aromatic carbocycles. The van der Waals surface area contributed by atoms with Gasteiger partial charge in [-0.1, -0.05) is 18.2 Å². The molecule has 5 nitrogen and oxygen atoms in total. The number of benzene rings is 1. The van der Waals surface area contributed by atoms with Crippen LogP contribution in [0.15, 0.2) is 67.0 Å². The van der Waals surface area contributed by atoms with E-state index in [-0.39, 0.29) is 17.8 Å². The third-order valence-corrected chi connectivity index (χ3v) is 5.23. The lowest BCUT2D eigenvalue weighted by Gasteiger charge is -2.30. The van der Waals surface area contributed by atoms with Gasteiger partial charge in [-0.15, -0.1) is 0 Å². The zero-order valence-electron chi connectivity index (χ0n) is 15.3. The van der Waals surface area contributed by atoms with E-state index in [2.05, 4.69) is 47.0 Å². The first-order valence-electron chi connectivity index (χ1n) is 9.03. The number of hydrogen-bond acceptors (Lipinski definition) is 3. The molecule has 0 spiro atoms. The lowest BCUT2D eigenvalue weighted by atomic mass is 10.0. The highest BCUT2D eigenvalue weighted by atomic mass is 32.1. The molecule has 3 aromatic rings. The molecule has 0 aliphatic carbocycles. The van der Waals surface area contributed by atoms with Gasteiger partial charge < -0.3 is 19.9 Å². The molecule has 2 atom stereocenters. The summed E-state index contributed by atoms with van der Waals surface area (Å²) in [6.45, 7) is 4.31. The molecule has 2 N–H and O–H groups in total. The number of rotatable bonds is 4. The van der Waals surface area contributed by atoms with Crippen molar-refractivity contribution in [1.29, 1.82) is 0 Å². The minimum Gasteiger partial charge on any atom is -0.506 e. The molecule has 3 heterocycles. The van der Waals surface area contributed by atoms with Crippen molar-refractivity contribution in [2.45, 2.75) is 32.0 Å². The summed E-state index contributed by atoms with van der Waals surface area (Å²) in [6.07, 6.45) is 3.88. The number of phenols is 1. The third-order valence-electron chi connectivity index (χ3n) is 4.91. The number of nitrogens with zero attached hydrogens (tertiary/aromatic N) is 3. The van der Waals surface area contributed by atoms with Crippen molar-refractivity contribution in [2.75, 3.05) is 4.90 Å². The molecule has 138 valence electrons. The molecule has 2 aromatic heterocycles. The van der Waals surface area contributed by atoms with Crippen molar-refractivity contribution in [1.82, 2.24) is 14.9 Å². The van der Waals surface area contributed by atoms with Crippen molar-refractivity contribution in [3.63, 3.8) is 0 Å². The summed E-state index contributed by atoms with van der Waals surface area (Å²) in [5.74, 6) is 0.205. The van der Waals surface area contributed by atoms with E-state index >= 15 is 0 Å². The molecule has 0 radical (unpaired) electrons. The second-order valence-corrected chi connectivity index (χ2v) is 7.31. The van der Waals surface area contributed by atoms with E-state index < -0.39 is 0 Å². The Morgan fingerprint density at radius 2 is 1.85 bits per heavy atom. The second-order valence-electron chi connectivity index (χ2n) is 6.92. The van der Waals surface area contributed by atoms with Crippen LogP contribution in [0.1, 0.15) is 43.4 Å². The number of aromatic hydroxyl groups is 1. The molecule has 1 aliphatic heterocycles. The Hall–Kier alpha value is -2.86. The van der Waals surface area contributed by atoms with Crippen LogP contribution in [0.4, 0.5) is 5.69 Å². The van der Waals surface area contributed by atoms with E-state index in [4.69, 9.17) is 12.2 Å². The highest BCUT2D eigenvalue weighted by Crippen LogP contribution is 2.44. The first kappa shape index (κ1) is 17.5. The minimum atomic E-state index is -0.127. The van der Waals surface area contributed by atoms with Crippen LogP contribution < -0.4 is 10.2 Å². The van der Waals surface area contributed by atoms with E-state index in [9.17, 15) is 5.11 Å². The number of hydrogen-bond donors (Lipinski definition) is 2. The van der Waals surface area contributed by atoms with Gasteiger partial charge in [0.2, 0.25) is 0 Å². The van der Waals surface area contributed by atoms with Gasteiger partial charge in [0.15, 0.2) is 5.11 Å². The average Bonchev–Trinajstić information content (AvgIpc) is 3.27. The van der Waals surface area contributed by atoms with Crippen molar-refractivity contribution >= 4 is 23.0 Å². The number of aromatic nitrogens is 2. The molecule has 1 saturated heterocycles. The molecule has 27 heavy (non-hydrogen) atoms. The molecule has 0 unspecified atom stereocenters. The Labute approximate surface area is 164 Å². The van der Waals surface area contributed by atoms with Gasteiger partial charge in [0, 0.05) is 24.1 Å². The van der Waals surface area contributed by atoms with Gasteiger partial charge in [-0.3, -0.25) is 4.98 Å². The van der Waals surface area contributed by atoms with Crippen LogP contribution in [0.3, 0.4) is 0 Å². The van der Waals surface area contributed by atoms with Crippen LogP contribution >= 0.6 is 12.2 Å². The number of anilines is 1. The Morgan fingerprint density at radius 3 is 2.56 bits per heavy atom. The fourth-order valence-electron chi connectivity index (χ4n) is 3.71. The summed E-state index contributed by atoms with van der Waals surface area (Å²) < 4.78 is 2.24. The highest BCUT2D eigenvalue weighted by molar-refractivity contribution is 7.80. The Kier molecular flexibility index (Phi) is 4.58. The van der Waals surface area contributed by atoms with Gasteiger partial charge in [-0.05, 0) is 62.5 Å². The van der Waals surface area contributed by atoms with Gasteiger partial charge in [0.25, 0.3) is 0 Å². The van der Waals surface area contributed by atoms with Crippen LogP contribution in [0.2, 0.25) is 0 Å². The fourth-order valence-corrected chi connectivity index (χ4v) is 4.05. The summed E-state index contributed by atoms with van der Waals surface area (Å²) in [5.41, 5.74) is 2.73. The van der Waals surface area contributed by atoms with Crippen LogP contribution in [0.5, 0.6) is 5.75 Å². The zero-order chi connectivity index (χ0) is 19.0. The molecular weight excluding hydrogens is 356 g/mol. The Morgan fingerprint density at radius 1 is 1.07 bits per heavy atom. The lowest BCUT2D eigenvalue weighted by molar-refractivity contribution is 0.467. The lowest BCUT2D eigenvalue weighted by Crippen LogP contribution is -2.30. The number of phenolic OH excluding ortho intramolecular Hbond substituents is 1. The predicted octanol–water partition coefficient (Wildman–Crippen LogP) is 4.35. The zero-order valence-corrected chi connectivity index (χ0v) is 16.1. The molecule has 0 saturated carbocycles. The molecule has 1 aliphatic rings. The summed E-state index contributed by atoms with van der Waals surface area (Å²) >= 11 is 5.69. The van der Waals surface area contributed by atoms with Crippen LogP contribution in [0.25, 0.3) is 0 Å². The molecule has 0 amide bonds. The molecule has 6 heteroatoms. The number of thiocarbonyl (C=S) groups is 1. The maximum atomic E-state index is 10.5. The number of para-hydroxylation sites is 2. The van der Waals surface area contributed by atoms with E-state index in [0.29, 0.717) is 16.8 Å². The highest BCUT2D eigenvalue weighted by Gasteiger charge is 2.42. The van der Waals surface area contributed by atoms with Crippen molar-refractivity contribution in [3.8, 4) is 5.75 Å². The van der Waals surface area contributed by atoms with Gasteiger partial charge in [0.05, 0.1) is 17.4 Å². The quantitative estimate of drug-likeness (QED) is 0.661. The monoisotopic (exact) mass is 378 g/mol. The predicted molar refractivity (Wildman–Crippen MR) is 111 cm³/mol. The normalized spacial score (nSPS) is 19.5. The van der Waals surface area contributed by atoms with Crippen molar-refractivity contribution in [2.24, 2.45) is 0 Å². The Bertz CT molecular complexity index is 954. The van der Waals surface area contributed by atoms with Gasteiger partial charge >= 0.3 is 0 Å². The summed E-state index contributed by atoms with van der Waals surface area (Å²) in [7, 11) is 0. The molecule has 0 bridgehead atoms. The second kappa shape index (κ2) is 7.04. The van der Waals surface area contributed by atoms with Crippen molar-refractivity contribution in [3.05, 3.63) is 78.4 Å².